The first-order valence-corrected chi connectivity index (χ1v) is 6.63. The monoisotopic (exact) mass is 285 g/mol. The van der Waals surface area contributed by atoms with Crippen LogP contribution in [0.2, 0.25) is 0 Å². The van der Waals surface area contributed by atoms with Crippen LogP contribution in [-0.4, -0.2) is 30.5 Å². The van der Waals surface area contributed by atoms with E-state index in [1.54, 1.807) is 7.11 Å². The highest BCUT2D eigenvalue weighted by atomic mass is 35.5. The van der Waals surface area contributed by atoms with E-state index >= 15 is 0 Å². The number of anilines is 1. The number of amides is 2. The molecule has 0 radical (unpaired) electrons. The summed E-state index contributed by atoms with van der Waals surface area (Å²) in [4.78, 5) is 15.7. The molecule has 2 rings (SSSR count). The van der Waals surface area contributed by atoms with E-state index in [9.17, 15) is 4.79 Å². The first-order chi connectivity index (χ1) is 8.72. The van der Waals surface area contributed by atoms with Crippen molar-refractivity contribution in [3.63, 3.8) is 0 Å². The smallest absolute Gasteiger partial charge is 0.321 e. The Morgan fingerprint density at radius 3 is 3.11 bits per heavy atom. The molecule has 0 bridgehead atoms. The molecular formula is C11H12ClN3O2S. The van der Waals surface area contributed by atoms with Gasteiger partial charge in [0.05, 0.1) is 17.3 Å². The van der Waals surface area contributed by atoms with Crippen LogP contribution in [-0.2, 0) is 0 Å². The first-order valence-electron chi connectivity index (χ1n) is 5.28. The van der Waals surface area contributed by atoms with Crippen LogP contribution in [0, 0.1) is 0 Å². The van der Waals surface area contributed by atoms with Crippen molar-refractivity contribution in [1.82, 2.24) is 10.3 Å². The normalized spacial score (nSPS) is 10.3. The predicted molar refractivity (Wildman–Crippen MR) is 73.9 cm³/mol. The van der Waals surface area contributed by atoms with Gasteiger partial charge in [0.15, 0.2) is 5.13 Å². The second kappa shape index (κ2) is 5.88. The SMILES string of the molecule is COc1ccc2nc(NC(=O)NCCCl)sc2c1. The summed E-state index contributed by atoms with van der Waals surface area (Å²) >= 11 is 6.87. The number of nitrogens with zero attached hydrogens (tertiary/aromatic N) is 1. The third kappa shape index (κ3) is 3.02. The lowest BCUT2D eigenvalue weighted by Gasteiger charge is -2.01. The van der Waals surface area contributed by atoms with Gasteiger partial charge >= 0.3 is 6.03 Å². The predicted octanol–water partition coefficient (Wildman–Crippen LogP) is 2.67. The van der Waals surface area contributed by atoms with Crippen LogP contribution >= 0.6 is 22.9 Å². The van der Waals surface area contributed by atoms with E-state index in [-0.39, 0.29) is 6.03 Å². The van der Waals surface area contributed by atoms with Crippen molar-refractivity contribution in [3.05, 3.63) is 18.2 Å². The number of urea groups is 1. The van der Waals surface area contributed by atoms with Gasteiger partial charge in [-0.05, 0) is 18.2 Å². The van der Waals surface area contributed by atoms with Gasteiger partial charge in [0, 0.05) is 12.4 Å². The molecule has 0 spiro atoms. The Labute approximate surface area is 113 Å². The van der Waals surface area contributed by atoms with E-state index in [0.29, 0.717) is 17.6 Å². The Kier molecular flexibility index (Phi) is 4.22. The van der Waals surface area contributed by atoms with Gasteiger partial charge in [0.1, 0.15) is 5.75 Å². The van der Waals surface area contributed by atoms with E-state index in [0.717, 1.165) is 16.0 Å². The molecule has 0 atom stereocenters. The van der Waals surface area contributed by atoms with Crippen LogP contribution < -0.4 is 15.4 Å². The van der Waals surface area contributed by atoms with Gasteiger partial charge in [-0.25, -0.2) is 9.78 Å². The lowest BCUT2D eigenvalue weighted by molar-refractivity contribution is 0.252. The van der Waals surface area contributed by atoms with Crippen molar-refractivity contribution in [1.29, 1.82) is 0 Å². The number of rotatable bonds is 4. The Hall–Kier alpha value is -1.53. The highest BCUT2D eigenvalue weighted by molar-refractivity contribution is 7.22. The number of methoxy groups -OCH3 is 1. The van der Waals surface area contributed by atoms with Crippen LogP contribution in [0.4, 0.5) is 9.93 Å². The summed E-state index contributed by atoms with van der Waals surface area (Å²) in [5.74, 6) is 1.15. The van der Waals surface area contributed by atoms with E-state index in [4.69, 9.17) is 16.3 Å². The number of benzene rings is 1. The van der Waals surface area contributed by atoms with E-state index in [2.05, 4.69) is 15.6 Å². The zero-order valence-corrected chi connectivity index (χ0v) is 11.3. The van der Waals surface area contributed by atoms with E-state index in [1.165, 1.54) is 11.3 Å². The standard InChI is InChI=1S/C11H12ClN3O2S/c1-17-7-2-3-8-9(6-7)18-11(14-8)15-10(16)13-5-4-12/h2-3,6H,4-5H2,1H3,(H2,13,14,15,16). The number of carbonyl (C=O) groups is 1. The van der Waals surface area contributed by atoms with Crippen LogP contribution in [0.25, 0.3) is 10.2 Å². The number of carbonyl (C=O) groups excluding carboxylic acids is 1. The second-order valence-corrected chi connectivity index (χ2v) is 4.83. The van der Waals surface area contributed by atoms with Gasteiger partial charge in [-0.15, -0.1) is 11.6 Å². The Morgan fingerprint density at radius 2 is 2.39 bits per heavy atom. The maximum absolute atomic E-state index is 11.4. The summed E-state index contributed by atoms with van der Waals surface area (Å²) in [5.41, 5.74) is 0.827. The zero-order chi connectivity index (χ0) is 13.0. The average molecular weight is 286 g/mol. The minimum Gasteiger partial charge on any atom is -0.497 e. The maximum Gasteiger partial charge on any atom is 0.321 e. The highest BCUT2D eigenvalue weighted by Crippen LogP contribution is 2.28. The number of ether oxygens (including phenoxy) is 1. The van der Waals surface area contributed by atoms with Crippen molar-refractivity contribution in [2.75, 3.05) is 24.9 Å². The molecule has 96 valence electrons. The molecule has 0 unspecified atom stereocenters. The van der Waals surface area contributed by atoms with Gasteiger partial charge in [-0.1, -0.05) is 11.3 Å². The van der Waals surface area contributed by atoms with Gasteiger partial charge in [-0.2, -0.15) is 0 Å². The molecule has 7 heteroatoms. The van der Waals surface area contributed by atoms with Gasteiger partial charge < -0.3 is 10.1 Å². The molecule has 5 nitrogen and oxygen atoms in total. The molecule has 0 aliphatic rings. The number of halogens is 1. The maximum atomic E-state index is 11.4. The van der Waals surface area contributed by atoms with Gasteiger partial charge in [0.2, 0.25) is 0 Å². The fourth-order valence-corrected chi connectivity index (χ4v) is 2.37. The lowest BCUT2D eigenvalue weighted by Crippen LogP contribution is -2.30. The highest BCUT2D eigenvalue weighted by Gasteiger charge is 2.07. The van der Waals surface area contributed by atoms with Crippen molar-refractivity contribution in [2.24, 2.45) is 0 Å². The second-order valence-electron chi connectivity index (χ2n) is 3.42. The Balaban J connectivity index is 2.12. The quantitative estimate of drug-likeness (QED) is 0.849. The molecule has 2 N–H and O–H groups in total. The fraction of sp³-hybridized carbons (Fsp3) is 0.273. The van der Waals surface area contributed by atoms with Crippen molar-refractivity contribution >= 4 is 44.3 Å². The van der Waals surface area contributed by atoms with Gasteiger partial charge in [0.25, 0.3) is 0 Å². The molecule has 1 aromatic carbocycles. The molecule has 2 amide bonds. The van der Waals surface area contributed by atoms with E-state index < -0.39 is 0 Å². The Morgan fingerprint density at radius 1 is 1.56 bits per heavy atom. The van der Waals surface area contributed by atoms with Crippen molar-refractivity contribution < 1.29 is 9.53 Å². The fourth-order valence-electron chi connectivity index (χ4n) is 1.39. The van der Waals surface area contributed by atoms with Crippen molar-refractivity contribution in [2.45, 2.75) is 0 Å². The average Bonchev–Trinajstić information content (AvgIpc) is 2.77. The minimum absolute atomic E-state index is 0.304. The third-order valence-corrected chi connectivity index (χ3v) is 3.32. The molecule has 18 heavy (non-hydrogen) atoms. The van der Waals surface area contributed by atoms with Crippen LogP contribution in [0.5, 0.6) is 5.75 Å². The molecule has 0 fully saturated rings. The lowest BCUT2D eigenvalue weighted by atomic mass is 10.3. The summed E-state index contributed by atoms with van der Waals surface area (Å²) in [6, 6.07) is 5.27. The number of hydrogen-bond donors (Lipinski definition) is 2. The molecule has 0 saturated heterocycles. The summed E-state index contributed by atoms with van der Waals surface area (Å²) in [6.07, 6.45) is 0. The minimum atomic E-state index is -0.304. The third-order valence-electron chi connectivity index (χ3n) is 2.20. The summed E-state index contributed by atoms with van der Waals surface area (Å²) in [5, 5.41) is 5.82. The first kappa shape index (κ1) is 12.9. The molecule has 2 aromatic rings. The number of thiazole rings is 1. The van der Waals surface area contributed by atoms with Crippen LogP contribution in [0.1, 0.15) is 0 Å². The van der Waals surface area contributed by atoms with Crippen LogP contribution in [0.3, 0.4) is 0 Å². The molecule has 0 aliphatic heterocycles. The molecular weight excluding hydrogens is 274 g/mol. The molecule has 1 aromatic heterocycles. The molecule has 0 aliphatic carbocycles. The number of alkyl halides is 1. The number of nitrogens with one attached hydrogen (secondary N) is 2. The number of fused-ring (bicyclic) bond motifs is 1. The summed E-state index contributed by atoms with van der Waals surface area (Å²) in [7, 11) is 1.61. The molecule has 0 saturated carbocycles. The molecule has 1 heterocycles. The van der Waals surface area contributed by atoms with Gasteiger partial charge in [-0.3, -0.25) is 5.32 Å². The van der Waals surface area contributed by atoms with Crippen LogP contribution in [0.15, 0.2) is 18.2 Å². The number of aromatic nitrogens is 1. The van der Waals surface area contributed by atoms with E-state index in [1.807, 2.05) is 18.2 Å². The zero-order valence-electron chi connectivity index (χ0n) is 9.70. The number of hydrogen-bond acceptors (Lipinski definition) is 4. The topological polar surface area (TPSA) is 63.2 Å². The summed E-state index contributed by atoms with van der Waals surface area (Å²) < 4.78 is 6.09. The summed E-state index contributed by atoms with van der Waals surface area (Å²) in [6.45, 7) is 0.423. The van der Waals surface area contributed by atoms with Crippen molar-refractivity contribution in [3.8, 4) is 5.75 Å². The largest absolute Gasteiger partial charge is 0.497 e. The Bertz CT molecular complexity index is 558.